The number of hydrogen-bond acceptors (Lipinski definition) is 11. The van der Waals surface area contributed by atoms with Crippen LogP contribution in [0.1, 0.15) is 12.8 Å². The van der Waals surface area contributed by atoms with Gasteiger partial charge in [-0.15, -0.1) is 0 Å². The van der Waals surface area contributed by atoms with Gasteiger partial charge < -0.3 is 25.2 Å². The topological polar surface area (TPSA) is 119 Å². The lowest BCUT2D eigenvalue weighted by Gasteiger charge is -2.42. The zero-order valence-corrected chi connectivity index (χ0v) is 24.9. The van der Waals surface area contributed by atoms with Crippen LogP contribution >= 0.6 is 0 Å². The fourth-order valence-corrected chi connectivity index (χ4v) is 6.22. The summed E-state index contributed by atoms with van der Waals surface area (Å²) in [7, 11) is 3.28. The molecule has 0 spiro atoms. The molecule has 3 heterocycles. The maximum absolute atomic E-state index is 12.5. The summed E-state index contributed by atoms with van der Waals surface area (Å²) in [5.41, 5.74) is 2.41. The first kappa shape index (κ1) is 29.0. The normalized spacial score (nSPS) is 17.5. The van der Waals surface area contributed by atoms with Crippen LogP contribution in [-0.2, 0) is 10.0 Å². The number of sulfonamides is 1. The van der Waals surface area contributed by atoms with E-state index in [9.17, 15) is 8.42 Å². The van der Waals surface area contributed by atoms with E-state index in [-0.39, 0.29) is 10.8 Å². The van der Waals surface area contributed by atoms with Crippen LogP contribution < -0.4 is 20.3 Å². The van der Waals surface area contributed by atoms with E-state index in [0.29, 0.717) is 23.4 Å². The van der Waals surface area contributed by atoms with Crippen molar-refractivity contribution in [3.8, 4) is 5.75 Å². The third kappa shape index (κ3) is 6.87. The van der Waals surface area contributed by atoms with E-state index in [2.05, 4.69) is 59.5 Å². The van der Waals surface area contributed by atoms with Gasteiger partial charge in [-0.25, -0.2) is 22.7 Å². The summed E-state index contributed by atoms with van der Waals surface area (Å²) >= 11 is 0. The Labute approximate surface area is 242 Å². The fraction of sp³-hybridized carbons (Fsp3) is 0.464. The molecule has 5 rings (SSSR count). The van der Waals surface area contributed by atoms with Crippen LogP contribution in [0.4, 0.5) is 29.0 Å². The highest BCUT2D eigenvalue weighted by Gasteiger charge is 2.27. The SMILES string of the molecule is COc1cc(N2CCC(N3CCN(C)CC3)CC2)ccc1Nc1ncnc(Nc2cccc(S(=O)(=O)N(C)C)c2)n1. The highest BCUT2D eigenvalue weighted by Crippen LogP contribution is 2.33. The maximum atomic E-state index is 12.5. The second-order valence-corrected chi connectivity index (χ2v) is 12.8. The molecular weight excluding hydrogens is 542 g/mol. The van der Waals surface area contributed by atoms with E-state index in [1.54, 1.807) is 31.4 Å². The van der Waals surface area contributed by atoms with Crippen LogP contribution in [0.3, 0.4) is 0 Å². The molecule has 0 radical (unpaired) electrons. The smallest absolute Gasteiger partial charge is 0.242 e. The molecule has 12 nitrogen and oxygen atoms in total. The second-order valence-electron chi connectivity index (χ2n) is 10.6. The standard InChI is InChI=1S/C28H39N9O3S/c1-34(2)41(38,39)24-7-5-6-21(18-24)31-27-29-20-30-28(33-27)32-25-9-8-23(19-26(25)40-4)36-12-10-22(11-13-36)37-16-14-35(3)15-17-37/h5-9,18-20,22H,10-17H2,1-4H3,(H2,29,30,31,32,33). The molecule has 220 valence electrons. The van der Waals surface area contributed by atoms with Crippen molar-refractivity contribution < 1.29 is 13.2 Å². The van der Waals surface area contributed by atoms with Gasteiger partial charge in [0.2, 0.25) is 21.9 Å². The molecule has 41 heavy (non-hydrogen) atoms. The van der Waals surface area contributed by atoms with Gasteiger partial charge in [0, 0.05) is 76.8 Å². The molecular formula is C28H39N9O3S. The van der Waals surface area contributed by atoms with E-state index in [1.165, 1.54) is 24.7 Å². The van der Waals surface area contributed by atoms with E-state index in [4.69, 9.17) is 4.74 Å². The lowest BCUT2D eigenvalue weighted by molar-refractivity contribution is 0.0982. The monoisotopic (exact) mass is 581 g/mol. The molecule has 2 aromatic carbocycles. The molecule has 2 aliphatic heterocycles. The van der Waals surface area contributed by atoms with Crippen molar-refractivity contribution >= 4 is 39.0 Å². The summed E-state index contributed by atoms with van der Waals surface area (Å²) in [5.74, 6) is 1.31. The minimum absolute atomic E-state index is 0.174. The number of methoxy groups -OCH3 is 1. The number of piperidine rings is 1. The van der Waals surface area contributed by atoms with Crippen LogP contribution in [0.15, 0.2) is 53.7 Å². The molecule has 2 fully saturated rings. The highest BCUT2D eigenvalue weighted by molar-refractivity contribution is 7.89. The Kier molecular flexibility index (Phi) is 8.88. The van der Waals surface area contributed by atoms with Gasteiger partial charge in [-0.05, 0) is 50.2 Å². The highest BCUT2D eigenvalue weighted by atomic mass is 32.2. The summed E-state index contributed by atoms with van der Waals surface area (Å²) in [6, 6.07) is 13.3. The molecule has 0 bridgehead atoms. The Bertz CT molecular complexity index is 1440. The third-order valence-corrected chi connectivity index (χ3v) is 9.57. The number of hydrogen-bond donors (Lipinski definition) is 2. The Morgan fingerprint density at radius 2 is 1.63 bits per heavy atom. The van der Waals surface area contributed by atoms with E-state index in [1.807, 2.05) is 6.07 Å². The first-order valence-electron chi connectivity index (χ1n) is 13.8. The van der Waals surface area contributed by atoms with Crippen molar-refractivity contribution in [2.75, 3.05) is 83.1 Å². The number of benzene rings is 2. The predicted octanol–water partition coefficient (Wildman–Crippen LogP) is 2.83. The molecule has 0 saturated carbocycles. The maximum Gasteiger partial charge on any atom is 0.242 e. The van der Waals surface area contributed by atoms with Gasteiger partial charge in [-0.1, -0.05) is 6.07 Å². The summed E-state index contributed by atoms with van der Waals surface area (Å²) in [4.78, 5) is 20.6. The summed E-state index contributed by atoms with van der Waals surface area (Å²) < 4.78 is 31.9. The van der Waals surface area contributed by atoms with Crippen molar-refractivity contribution in [1.29, 1.82) is 0 Å². The Morgan fingerprint density at radius 1 is 0.927 bits per heavy atom. The molecule has 0 unspecified atom stereocenters. The predicted molar refractivity (Wildman–Crippen MR) is 161 cm³/mol. The van der Waals surface area contributed by atoms with Gasteiger partial charge in [0.15, 0.2) is 0 Å². The number of nitrogens with one attached hydrogen (secondary N) is 2. The Morgan fingerprint density at radius 3 is 2.32 bits per heavy atom. The average molecular weight is 582 g/mol. The molecule has 3 aromatic rings. The Hall–Kier alpha value is -3.52. The quantitative estimate of drug-likeness (QED) is 0.388. The number of anilines is 5. The molecule has 0 atom stereocenters. The molecule has 13 heteroatoms. The molecule has 2 saturated heterocycles. The van der Waals surface area contributed by atoms with Gasteiger partial charge in [0.1, 0.15) is 12.1 Å². The summed E-state index contributed by atoms with van der Waals surface area (Å²) in [6.07, 6.45) is 3.72. The number of ether oxygens (including phenoxy) is 1. The van der Waals surface area contributed by atoms with Crippen LogP contribution in [0, 0.1) is 0 Å². The summed E-state index contributed by atoms with van der Waals surface area (Å²) in [5, 5.41) is 6.29. The fourth-order valence-electron chi connectivity index (χ4n) is 5.27. The minimum atomic E-state index is -3.56. The van der Waals surface area contributed by atoms with Gasteiger partial charge in [0.25, 0.3) is 0 Å². The molecule has 1 aromatic heterocycles. The first-order chi connectivity index (χ1) is 19.7. The van der Waals surface area contributed by atoms with Crippen molar-refractivity contribution in [1.82, 2.24) is 29.1 Å². The van der Waals surface area contributed by atoms with E-state index in [0.717, 1.165) is 63.5 Å². The number of likely N-dealkylation sites (N-methyl/N-ethyl adjacent to an activating group) is 1. The van der Waals surface area contributed by atoms with Crippen molar-refractivity contribution in [2.24, 2.45) is 0 Å². The molecule has 0 amide bonds. The second kappa shape index (κ2) is 12.6. The van der Waals surface area contributed by atoms with E-state index >= 15 is 0 Å². The lowest BCUT2D eigenvalue weighted by Crippen LogP contribution is -2.52. The number of rotatable bonds is 9. The molecule has 2 N–H and O–H groups in total. The lowest BCUT2D eigenvalue weighted by atomic mass is 10.0. The van der Waals surface area contributed by atoms with Gasteiger partial charge in [-0.2, -0.15) is 4.98 Å². The summed E-state index contributed by atoms with van der Waals surface area (Å²) in [6.45, 7) is 6.67. The van der Waals surface area contributed by atoms with Crippen LogP contribution in [0.25, 0.3) is 0 Å². The van der Waals surface area contributed by atoms with Crippen LogP contribution in [0.2, 0.25) is 0 Å². The van der Waals surface area contributed by atoms with Gasteiger partial charge >= 0.3 is 0 Å². The van der Waals surface area contributed by atoms with Crippen molar-refractivity contribution in [3.05, 3.63) is 48.8 Å². The van der Waals surface area contributed by atoms with E-state index < -0.39 is 10.0 Å². The third-order valence-electron chi connectivity index (χ3n) is 7.76. The van der Waals surface area contributed by atoms with Crippen molar-refractivity contribution in [2.45, 2.75) is 23.8 Å². The van der Waals surface area contributed by atoms with Gasteiger partial charge in [0.05, 0.1) is 17.7 Å². The number of nitrogens with zero attached hydrogens (tertiary/aromatic N) is 7. The molecule has 0 aliphatic carbocycles. The minimum Gasteiger partial charge on any atom is -0.494 e. The average Bonchev–Trinajstić information content (AvgIpc) is 2.98. The largest absolute Gasteiger partial charge is 0.494 e. The number of aromatic nitrogens is 3. The first-order valence-corrected chi connectivity index (χ1v) is 15.3. The zero-order chi connectivity index (χ0) is 29.0. The molecule has 2 aliphatic rings. The van der Waals surface area contributed by atoms with Crippen LogP contribution in [-0.4, -0.2) is 111 Å². The van der Waals surface area contributed by atoms with Crippen LogP contribution in [0.5, 0.6) is 5.75 Å². The zero-order valence-electron chi connectivity index (χ0n) is 24.1. The Balaban J connectivity index is 1.23. The number of piperazine rings is 1. The van der Waals surface area contributed by atoms with Gasteiger partial charge in [-0.3, -0.25) is 4.90 Å². The van der Waals surface area contributed by atoms with Crippen molar-refractivity contribution in [3.63, 3.8) is 0 Å².